The minimum atomic E-state index is -0.935. The molecule has 0 aliphatic heterocycles. The van der Waals surface area contributed by atoms with E-state index in [0.717, 1.165) is 11.1 Å². The van der Waals surface area contributed by atoms with E-state index in [1.54, 1.807) is 12.1 Å². The van der Waals surface area contributed by atoms with Crippen LogP contribution in [0, 0.1) is 0 Å². The van der Waals surface area contributed by atoms with Crippen LogP contribution in [0.25, 0.3) is 0 Å². The lowest BCUT2D eigenvalue weighted by Gasteiger charge is -2.17. The molecule has 0 radical (unpaired) electrons. The summed E-state index contributed by atoms with van der Waals surface area (Å²) in [7, 11) is 0. The van der Waals surface area contributed by atoms with Crippen molar-refractivity contribution in [2.75, 3.05) is 0 Å². The Morgan fingerprint density at radius 3 is 2.50 bits per heavy atom. The van der Waals surface area contributed by atoms with Crippen LogP contribution in [0.4, 0.5) is 0 Å². The number of halogens is 1. The van der Waals surface area contributed by atoms with Crippen LogP contribution in [-0.2, 0) is 22.4 Å². The molecule has 0 spiro atoms. The molecule has 1 atom stereocenters. The van der Waals surface area contributed by atoms with Gasteiger partial charge in [0, 0.05) is 11.1 Å². The van der Waals surface area contributed by atoms with Gasteiger partial charge in [-0.25, -0.2) is 0 Å². The maximum Gasteiger partial charge on any atom is 0.305 e. The van der Waals surface area contributed by atoms with Crippen molar-refractivity contribution in [3.63, 3.8) is 0 Å². The summed E-state index contributed by atoms with van der Waals surface area (Å²) in [6, 6.07) is 8.62. The summed E-state index contributed by atoms with van der Waals surface area (Å²) >= 11 is 7.36. The Morgan fingerprint density at radius 1 is 1.18 bits per heavy atom. The third-order valence-corrected chi connectivity index (χ3v) is 4.11. The molecule has 1 aromatic heterocycles. The monoisotopic (exact) mass is 337 g/mol. The summed E-state index contributed by atoms with van der Waals surface area (Å²) in [6.45, 7) is 0. The second kappa shape index (κ2) is 7.96. The van der Waals surface area contributed by atoms with Gasteiger partial charge in [-0.15, -0.1) is 0 Å². The van der Waals surface area contributed by atoms with Crippen LogP contribution in [0.5, 0.6) is 0 Å². The molecule has 1 heterocycles. The van der Waals surface area contributed by atoms with Crippen LogP contribution in [0.1, 0.15) is 17.5 Å². The van der Waals surface area contributed by atoms with E-state index in [9.17, 15) is 9.59 Å². The quantitative estimate of drug-likeness (QED) is 0.815. The fourth-order valence-corrected chi connectivity index (χ4v) is 2.94. The number of carboxylic acid groups (broad SMARTS) is 1. The van der Waals surface area contributed by atoms with E-state index in [0.29, 0.717) is 11.4 Å². The standard InChI is InChI=1S/C16H16ClNO3S/c17-13-3-1-11(2-4-13)7-14(9-16(20)21)18-15(19)8-12-5-6-22-10-12/h1-6,10,14H,7-9H2,(H,18,19)(H,20,21)/t14-/m1/s1. The third kappa shape index (κ3) is 5.50. The van der Waals surface area contributed by atoms with E-state index < -0.39 is 12.0 Å². The summed E-state index contributed by atoms with van der Waals surface area (Å²) < 4.78 is 0. The number of nitrogens with one attached hydrogen (secondary N) is 1. The highest BCUT2D eigenvalue weighted by atomic mass is 35.5. The predicted molar refractivity (Wildman–Crippen MR) is 87.4 cm³/mol. The molecular weight excluding hydrogens is 322 g/mol. The van der Waals surface area contributed by atoms with Gasteiger partial charge in [0.15, 0.2) is 0 Å². The number of carboxylic acids is 1. The molecule has 0 fully saturated rings. The van der Waals surface area contributed by atoms with Crippen molar-refractivity contribution >= 4 is 34.8 Å². The zero-order valence-corrected chi connectivity index (χ0v) is 13.4. The van der Waals surface area contributed by atoms with Crippen molar-refractivity contribution in [3.05, 3.63) is 57.2 Å². The number of hydrogen-bond donors (Lipinski definition) is 2. The summed E-state index contributed by atoms with van der Waals surface area (Å²) in [4.78, 5) is 23.0. The molecular formula is C16H16ClNO3S. The van der Waals surface area contributed by atoms with E-state index in [1.807, 2.05) is 29.0 Å². The van der Waals surface area contributed by atoms with Gasteiger partial charge in [0.05, 0.1) is 12.8 Å². The van der Waals surface area contributed by atoms with Gasteiger partial charge in [0.2, 0.25) is 5.91 Å². The van der Waals surface area contributed by atoms with Crippen molar-refractivity contribution in [1.82, 2.24) is 5.32 Å². The van der Waals surface area contributed by atoms with Crippen LogP contribution >= 0.6 is 22.9 Å². The van der Waals surface area contributed by atoms with Crippen LogP contribution in [0.2, 0.25) is 5.02 Å². The van der Waals surface area contributed by atoms with E-state index in [-0.39, 0.29) is 18.7 Å². The Kier molecular flexibility index (Phi) is 5.98. The molecule has 0 saturated carbocycles. The Morgan fingerprint density at radius 2 is 1.91 bits per heavy atom. The molecule has 6 heteroatoms. The van der Waals surface area contributed by atoms with Crippen LogP contribution in [0.15, 0.2) is 41.1 Å². The fourth-order valence-electron chi connectivity index (χ4n) is 2.15. The van der Waals surface area contributed by atoms with Gasteiger partial charge in [0.25, 0.3) is 0 Å². The lowest BCUT2D eigenvalue weighted by molar-refractivity contribution is -0.137. The molecule has 2 N–H and O–H groups in total. The number of aliphatic carboxylic acids is 1. The second-order valence-corrected chi connectivity index (χ2v) is 6.22. The van der Waals surface area contributed by atoms with Gasteiger partial charge in [-0.3, -0.25) is 9.59 Å². The maximum absolute atomic E-state index is 12.0. The van der Waals surface area contributed by atoms with Crippen molar-refractivity contribution < 1.29 is 14.7 Å². The molecule has 0 aliphatic carbocycles. The first kappa shape index (κ1) is 16.5. The molecule has 2 rings (SSSR count). The lowest BCUT2D eigenvalue weighted by atomic mass is 10.0. The van der Waals surface area contributed by atoms with Crippen molar-refractivity contribution in [3.8, 4) is 0 Å². The highest BCUT2D eigenvalue weighted by molar-refractivity contribution is 7.08. The van der Waals surface area contributed by atoms with Crippen molar-refractivity contribution in [2.24, 2.45) is 0 Å². The summed E-state index contributed by atoms with van der Waals surface area (Å²) in [5.41, 5.74) is 1.87. The summed E-state index contributed by atoms with van der Waals surface area (Å²) in [5, 5.41) is 16.2. The second-order valence-electron chi connectivity index (χ2n) is 5.00. The summed E-state index contributed by atoms with van der Waals surface area (Å²) in [5.74, 6) is -1.10. The van der Waals surface area contributed by atoms with E-state index in [4.69, 9.17) is 16.7 Å². The van der Waals surface area contributed by atoms with Gasteiger partial charge in [0.1, 0.15) is 0 Å². The minimum absolute atomic E-state index is 0.113. The Hall–Kier alpha value is -1.85. The lowest BCUT2D eigenvalue weighted by Crippen LogP contribution is -2.38. The Labute approximate surface area is 137 Å². The first-order valence-electron chi connectivity index (χ1n) is 6.79. The van der Waals surface area contributed by atoms with Crippen molar-refractivity contribution in [1.29, 1.82) is 0 Å². The highest BCUT2D eigenvalue weighted by Gasteiger charge is 2.17. The molecule has 0 unspecified atom stereocenters. The molecule has 1 amide bonds. The van der Waals surface area contributed by atoms with Crippen LogP contribution in [0.3, 0.4) is 0 Å². The molecule has 116 valence electrons. The van der Waals surface area contributed by atoms with Gasteiger partial charge in [-0.05, 0) is 46.5 Å². The van der Waals surface area contributed by atoms with Gasteiger partial charge in [-0.2, -0.15) is 11.3 Å². The first-order valence-corrected chi connectivity index (χ1v) is 8.11. The van der Waals surface area contributed by atoms with Crippen LogP contribution < -0.4 is 5.32 Å². The number of rotatable bonds is 7. The molecule has 1 aromatic carbocycles. The molecule has 0 aliphatic rings. The SMILES string of the molecule is O=C(O)C[C@@H](Cc1ccc(Cl)cc1)NC(=O)Cc1ccsc1. The van der Waals surface area contributed by atoms with E-state index >= 15 is 0 Å². The maximum atomic E-state index is 12.0. The number of carbonyl (C=O) groups excluding carboxylic acids is 1. The fraction of sp³-hybridized carbons (Fsp3) is 0.250. The number of hydrogen-bond acceptors (Lipinski definition) is 3. The average Bonchev–Trinajstić information content (AvgIpc) is 2.93. The largest absolute Gasteiger partial charge is 0.481 e. The minimum Gasteiger partial charge on any atom is -0.481 e. The summed E-state index contributed by atoms with van der Waals surface area (Å²) in [6.07, 6.45) is 0.608. The van der Waals surface area contributed by atoms with E-state index in [1.165, 1.54) is 11.3 Å². The van der Waals surface area contributed by atoms with Gasteiger partial charge >= 0.3 is 5.97 Å². The molecule has 2 aromatic rings. The number of benzene rings is 1. The molecule has 0 bridgehead atoms. The number of thiophene rings is 1. The normalized spacial score (nSPS) is 11.9. The Bertz CT molecular complexity index is 625. The van der Waals surface area contributed by atoms with Gasteiger partial charge < -0.3 is 10.4 Å². The third-order valence-electron chi connectivity index (χ3n) is 3.13. The topological polar surface area (TPSA) is 66.4 Å². The smallest absolute Gasteiger partial charge is 0.305 e. The van der Waals surface area contributed by atoms with Crippen LogP contribution in [-0.4, -0.2) is 23.0 Å². The molecule has 4 nitrogen and oxygen atoms in total. The zero-order chi connectivity index (χ0) is 15.9. The van der Waals surface area contributed by atoms with E-state index in [2.05, 4.69) is 5.32 Å². The zero-order valence-electron chi connectivity index (χ0n) is 11.8. The molecule has 0 saturated heterocycles. The molecule has 22 heavy (non-hydrogen) atoms. The predicted octanol–water partition coefficient (Wildman–Crippen LogP) is 3.15. The first-order chi connectivity index (χ1) is 10.5. The average molecular weight is 338 g/mol. The van der Waals surface area contributed by atoms with Gasteiger partial charge in [-0.1, -0.05) is 23.7 Å². The number of carbonyl (C=O) groups is 2. The Balaban J connectivity index is 1.97. The highest BCUT2D eigenvalue weighted by Crippen LogP contribution is 2.13. The van der Waals surface area contributed by atoms with Crippen molar-refractivity contribution in [2.45, 2.75) is 25.3 Å². The number of amides is 1.